The van der Waals surface area contributed by atoms with Crippen LogP contribution in [0.2, 0.25) is 0 Å². The summed E-state index contributed by atoms with van der Waals surface area (Å²) < 4.78 is 0. The van der Waals surface area contributed by atoms with Crippen molar-refractivity contribution in [1.29, 1.82) is 0 Å². The average Bonchev–Trinajstić information content (AvgIpc) is 2.07. The molecule has 2 N–H and O–H groups in total. The van der Waals surface area contributed by atoms with Gasteiger partial charge < -0.3 is 5.73 Å². The van der Waals surface area contributed by atoms with E-state index in [1.165, 1.54) is 6.42 Å². The third-order valence-corrected chi connectivity index (χ3v) is 1.14. The van der Waals surface area contributed by atoms with Crippen LogP contribution in [0.4, 0.5) is 0 Å². The van der Waals surface area contributed by atoms with Crippen molar-refractivity contribution in [1.82, 2.24) is 0 Å². The van der Waals surface area contributed by atoms with E-state index in [1.807, 2.05) is 30.3 Å². The van der Waals surface area contributed by atoms with E-state index in [0.717, 1.165) is 5.56 Å². The SMILES string of the molecule is C=C(N)c1ccccc1.CCC. The lowest BCUT2D eigenvalue weighted by atomic mass is 10.2. The van der Waals surface area contributed by atoms with E-state index >= 15 is 0 Å². The van der Waals surface area contributed by atoms with Crippen molar-refractivity contribution in [3.05, 3.63) is 42.5 Å². The molecule has 0 saturated carbocycles. The van der Waals surface area contributed by atoms with Gasteiger partial charge in [-0.05, 0) is 5.56 Å². The van der Waals surface area contributed by atoms with E-state index in [4.69, 9.17) is 5.73 Å². The maximum atomic E-state index is 5.42. The molecule has 0 bridgehead atoms. The number of rotatable bonds is 1. The molecule has 0 aliphatic rings. The van der Waals surface area contributed by atoms with Gasteiger partial charge in [-0.3, -0.25) is 0 Å². The topological polar surface area (TPSA) is 26.0 Å². The Morgan fingerprint density at radius 2 is 1.67 bits per heavy atom. The molecule has 0 radical (unpaired) electrons. The number of nitrogens with two attached hydrogens (primary N) is 1. The molecule has 12 heavy (non-hydrogen) atoms. The second kappa shape index (κ2) is 6.47. The minimum absolute atomic E-state index is 0.621. The lowest BCUT2D eigenvalue weighted by Gasteiger charge is -1.95. The van der Waals surface area contributed by atoms with Crippen molar-refractivity contribution in [3.8, 4) is 0 Å². The molecule has 0 heterocycles. The molecule has 0 atom stereocenters. The van der Waals surface area contributed by atoms with E-state index in [-0.39, 0.29) is 0 Å². The van der Waals surface area contributed by atoms with Crippen LogP contribution in [0.1, 0.15) is 25.8 Å². The molecule has 1 rings (SSSR count). The summed E-state index contributed by atoms with van der Waals surface area (Å²) in [6.07, 6.45) is 1.25. The van der Waals surface area contributed by atoms with Crippen molar-refractivity contribution in [2.75, 3.05) is 0 Å². The van der Waals surface area contributed by atoms with Gasteiger partial charge in [-0.15, -0.1) is 0 Å². The normalized spacial score (nSPS) is 8.17. The molecule has 0 fully saturated rings. The first kappa shape index (κ1) is 10.8. The first-order chi connectivity index (χ1) is 5.72. The Bertz CT molecular complexity index is 214. The van der Waals surface area contributed by atoms with Crippen LogP contribution in [-0.4, -0.2) is 0 Å². The van der Waals surface area contributed by atoms with E-state index in [1.54, 1.807) is 0 Å². The molecule has 0 saturated heterocycles. The number of benzene rings is 1. The minimum atomic E-state index is 0.621. The third kappa shape index (κ3) is 4.56. The molecule has 0 aliphatic heterocycles. The molecule has 0 aromatic heterocycles. The van der Waals surface area contributed by atoms with E-state index in [0.29, 0.717) is 5.70 Å². The summed E-state index contributed by atoms with van der Waals surface area (Å²) in [6, 6.07) is 9.69. The Labute approximate surface area is 74.9 Å². The van der Waals surface area contributed by atoms with E-state index in [9.17, 15) is 0 Å². The molecular formula is C11H17N. The Hall–Kier alpha value is -1.24. The summed E-state index contributed by atoms with van der Waals surface area (Å²) in [5.74, 6) is 0. The Morgan fingerprint density at radius 3 is 1.92 bits per heavy atom. The minimum Gasteiger partial charge on any atom is -0.399 e. The summed E-state index contributed by atoms with van der Waals surface area (Å²) in [4.78, 5) is 0. The summed E-state index contributed by atoms with van der Waals surface area (Å²) >= 11 is 0. The van der Waals surface area contributed by atoms with Crippen molar-refractivity contribution in [2.24, 2.45) is 5.73 Å². The highest BCUT2D eigenvalue weighted by Gasteiger charge is 1.86. The van der Waals surface area contributed by atoms with Gasteiger partial charge in [0.1, 0.15) is 0 Å². The van der Waals surface area contributed by atoms with Crippen LogP contribution in [0.5, 0.6) is 0 Å². The molecule has 0 aliphatic carbocycles. The van der Waals surface area contributed by atoms with Gasteiger partial charge in [-0.2, -0.15) is 0 Å². The zero-order chi connectivity index (χ0) is 9.40. The van der Waals surface area contributed by atoms with Crippen LogP contribution in [-0.2, 0) is 0 Å². The van der Waals surface area contributed by atoms with Crippen molar-refractivity contribution in [3.63, 3.8) is 0 Å². The molecular weight excluding hydrogens is 146 g/mol. The second-order valence-electron chi connectivity index (χ2n) is 2.60. The van der Waals surface area contributed by atoms with Crippen LogP contribution in [0.3, 0.4) is 0 Å². The van der Waals surface area contributed by atoms with Crippen LogP contribution in [0.25, 0.3) is 5.70 Å². The Balaban J connectivity index is 0.000000354. The Kier molecular flexibility index (Phi) is 5.80. The van der Waals surface area contributed by atoms with Crippen LogP contribution in [0, 0.1) is 0 Å². The maximum absolute atomic E-state index is 5.42. The fourth-order valence-corrected chi connectivity index (χ4v) is 0.652. The first-order valence-corrected chi connectivity index (χ1v) is 4.22. The van der Waals surface area contributed by atoms with Gasteiger partial charge in [-0.25, -0.2) is 0 Å². The quantitative estimate of drug-likeness (QED) is 0.676. The molecule has 0 unspecified atom stereocenters. The third-order valence-electron chi connectivity index (χ3n) is 1.14. The van der Waals surface area contributed by atoms with E-state index < -0.39 is 0 Å². The lowest BCUT2D eigenvalue weighted by Crippen LogP contribution is -1.91. The van der Waals surface area contributed by atoms with Gasteiger partial charge in [0.15, 0.2) is 0 Å². The van der Waals surface area contributed by atoms with Crippen LogP contribution >= 0.6 is 0 Å². The van der Waals surface area contributed by atoms with Gasteiger partial charge in [0.05, 0.1) is 0 Å². The van der Waals surface area contributed by atoms with Crippen molar-refractivity contribution in [2.45, 2.75) is 20.3 Å². The fourth-order valence-electron chi connectivity index (χ4n) is 0.652. The highest BCUT2D eigenvalue weighted by atomic mass is 14.6. The molecule has 1 aromatic rings. The maximum Gasteiger partial charge on any atom is 0.0314 e. The predicted octanol–water partition coefficient (Wildman–Crippen LogP) is 3.03. The van der Waals surface area contributed by atoms with Gasteiger partial charge in [0, 0.05) is 5.70 Å². The van der Waals surface area contributed by atoms with Gasteiger partial charge >= 0.3 is 0 Å². The van der Waals surface area contributed by atoms with Crippen LogP contribution < -0.4 is 5.73 Å². The molecule has 1 heteroatoms. The summed E-state index contributed by atoms with van der Waals surface area (Å²) in [6.45, 7) is 7.85. The van der Waals surface area contributed by atoms with Gasteiger partial charge in [-0.1, -0.05) is 57.2 Å². The first-order valence-electron chi connectivity index (χ1n) is 4.22. The average molecular weight is 163 g/mol. The lowest BCUT2D eigenvalue weighted by molar-refractivity contribution is 1.09. The zero-order valence-electron chi connectivity index (χ0n) is 7.88. The van der Waals surface area contributed by atoms with Gasteiger partial charge in [0.25, 0.3) is 0 Å². The predicted molar refractivity (Wildman–Crippen MR) is 55.6 cm³/mol. The highest BCUT2D eigenvalue weighted by Crippen LogP contribution is 2.03. The fraction of sp³-hybridized carbons (Fsp3) is 0.273. The molecule has 1 nitrogen and oxygen atoms in total. The van der Waals surface area contributed by atoms with Crippen LogP contribution in [0.15, 0.2) is 36.9 Å². The molecule has 66 valence electrons. The zero-order valence-corrected chi connectivity index (χ0v) is 7.88. The number of hydrogen-bond acceptors (Lipinski definition) is 1. The smallest absolute Gasteiger partial charge is 0.0314 e. The van der Waals surface area contributed by atoms with Crippen molar-refractivity contribution >= 4 is 5.70 Å². The monoisotopic (exact) mass is 163 g/mol. The highest BCUT2D eigenvalue weighted by molar-refractivity contribution is 5.59. The largest absolute Gasteiger partial charge is 0.399 e. The number of hydrogen-bond donors (Lipinski definition) is 1. The summed E-state index contributed by atoms with van der Waals surface area (Å²) in [7, 11) is 0. The molecule has 0 amide bonds. The van der Waals surface area contributed by atoms with Gasteiger partial charge in [0.2, 0.25) is 0 Å². The summed E-state index contributed by atoms with van der Waals surface area (Å²) in [5, 5.41) is 0. The molecule has 0 spiro atoms. The Morgan fingerprint density at radius 1 is 1.25 bits per heavy atom. The van der Waals surface area contributed by atoms with Crippen molar-refractivity contribution < 1.29 is 0 Å². The summed E-state index contributed by atoms with van der Waals surface area (Å²) in [5.41, 5.74) is 7.04. The van der Waals surface area contributed by atoms with E-state index in [2.05, 4.69) is 20.4 Å². The standard InChI is InChI=1S/C8H9N.C3H8/c1-7(9)8-5-3-2-4-6-8;1-3-2/h2-6H,1,9H2;3H2,1-2H3. The molecule has 1 aromatic carbocycles. The second-order valence-corrected chi connectivity index (χ2v) is 2.60.